The Morgan fingerprint density at radius 1 is 1.11 bits per heavy atom. The Bertz CT molecular complexity index is 1360. The average Bonchev–Trinajstić information content (AvgIpc) is 3.14. The van der Waals surface area contributed by atoms with Crippen molar-refractivity contribution in [1.29, 1.82) is 0 Å². The zero-order chi connectivity index (χ0) is 24.4. The van der Waals surface area contributed by atoms with E-state index < -0.39 is 0 Å². The number of thiocarbonyl (C=S) groups is 1. The molecule has 0 spiro atoms. The van der Waals surface area contributed by atoms with E-state index in [1.165, 1.54) is 17.3 Å². The van der Waals surface area contributed by atoms with Crippen LogP contribution in [0.25, 0.3) is 11.7 Å². The second-order valence-corrected chi connectivity index (χ2v) is 10.2. The van der Waals surface area contributed by atoms with Gasteiger partial charge in [-0.1, -0.05) is 60.4 Å². The summed E-state index contributed by atoms with van der Waals surface area (Å²) < 4.78 is 7.57. The molecule has 180 valence electrons. The highest BCUT2D eigenvalue weighted by Crippen LogP contribution is 2.34. The average molecular weight is 507 g/mol. The first kappa shape index (κ1) is 23.7. The Morgan fingerprint density at radius 2 is 1.89 bits per heavy atom. The summed E-state index contributed by atoms with van der Waals surface area (Å²) >= 11 is 6.77. The number of aromatic nitrogens is 2. The van der Waals surface area contributed by atoms with E-state index in [1.807, 2.05) is 37.3 Å². The van der Waals surface area contributed by atoms with Crippen LogP contribution in [0.4, 0.5) is 5.82 Å². The number of ether oxygens (including phenoxy) is 1. The van der Waals surface area contributed by atoms with Gasteiger partial charge >= 0.3 is 0 Å². The first-order valence-corrected chi connectivity index (χ1v) is 12.9. The number of benzene rings is 1. The van der Waals surface area contributed by atoms with Gasteiger partial charge in [0, 0.05) is 25.8 Å². The second kappa shape index (κ2) is 10.3. The van der Waals surface area contributed by atoms with Crippen molar-refractivity contribution >= 4 is 51.7 Å². The molecule has 0 unspecified atom stereocenters. The molecule has 0 bridgehead atoms. The Labute approximate surface area is 213 Å². The third-order valence-electron chi connectivity index (χ3n) is 6.21. The molecular formula is C26H26N4O3S2. The predicted octanol–water partition coefficient (Wildman–Crippen LogP) is 3.67. The number of hydrogen-bond acceptors (Lipinski definition) is 7. The van der Waals surface area contributed by atoms with Crippen LogP contribution >= 0.6 is 24.0 Å². The number of hydrogen-bond donors (Lipinski definition) is 0. The largest absolute Gasteiger partial charge is 0.378 e. The first-order chi connectivity index (χ1) is 17.0. The van der Waals surface area contributed by atoms with Gasteiger partial charge in [0.2, 0.25) is 0 Å². The van der Waals surface area contributed by atoms with Crippen molar-refractivity contribution in [3.63, 3.8) is 0 Å². The summed E-state index contributed by atoms with van der Waals surface area (Å²) in [5.41, 5.74) is 2.96. The fourth-order valence-electron chi connectivity index (χ4n) is 4.35. The SMILES string of the molecule is Cc1cccn2c(=O)c(C=C3SC(=S)N(CCCc4ccccc4)C3=O)c(N3CCOCC3)nc12. The van der Waals surface area contributed by atoms with Crippen molar-refractivity contribution in [3.05, 3.63) is 80.6 Å². The monoisotopic (exact) mass is 506 g/mol. The molecule has 9 heteroatoms. The number of amides is 1. The molecule has 0 atom stereocenters. The number of pyridine rings is 1. The van der Waals surface area contributed by atoms with E-state index in [4.69, 9.17) is 21.9 Å². The maximum Gasteiger partial charge on any atom is 0.267 e. The summed E-state index contributed by atoms with van der Waals surface area (Å²) in [5.74, 6) is 0.427. The zero-order valence-corrected chi connectivity index (χ0v) is 21.1. The molecule has 3 aromatic rings. The number of morpholine rings is 1. The van der Waals surface area contributed by atoms with Crippen LogP contribution in [0.2, 0.25) is 0 Å². The van der Waals surface area contributed by atoms with Crippen molar-refractivity contribution in [2.24, 2.45) is 0 Å². The Kier molecular flexibility index (Phi) is 6.99. The molecule has 0 saturated carbocycles. The first-order valence-electron chi connectivity index (χ1n) is 11.7. The molecule has 0 aliphatic carbocycles. The van der Waals surface area contributed by atoms with E-state index >= 15 is 0 Å². The van der Waals surface area contributed by atoms with Crippen LogP contribution in [-0.2, 0) is 16.0 Å². The fraction of sp³-hybridized carbons (Fsp3) is 0.308. The second-order valence-electron chi connectivity index (χ2n) is 8.56. The van der Waals surface area contributed by atoms with E-state index in [-0.39, 0.29) is 11.5 Å². The van der Waals surface area contributed by atoms with Crippen molar-refractivity contribution in [2.75, 3.05) is 37.7 Å². The van der Waals surface area contributed by atoms with Gasteiger partial charge in [0.05, 0.1) is 23.7 Å². The Balaban J connectivity index is 1.46. The maximum atomic E-state index is 13.6. The summed E-state index contributed by atoms with van der Waals surface area (Å²) in [5, 5.41) is 0. The van der Waals surface area contributed by atoms with E-state index in [9.17, 15) is 9.59 Å². The molecule has 2 aliphatic heterocycles. The van der Waals surface area contributed by atoms with Gasteiger partial charge in [-0.05, 0) is 43.0 Å². The zero-order valence-electron chi connectivity index (χ0n) is 19.5. The lowest BCUT2D eigenvalue weighted by Gasteiger charge is -2.29. The molecular weight excluding hydrogens is 480 g/mol. The lowest BCUT2D eigenvalue weighted by atomic mass is 10.1. The molecule has 5 rings (SSSR count). The number of nitrogens with zero attached hydrogens (tertiary/aromatic N) is 4. The Hall–Kier alpha value is -3.01. The van der Waals surface area contributed by atoms with Crippen LogP contribution < -0.4 is 10.5 Å². The minimum Gasteiger partial charge on any atom is -0.378 e. The van der Waals surface area contributed by atoms with Gasteiger partial charge in [0.15, 0.2) is 0 Å². The third kappa shape index (κ3) is 4.89. The van der Waals surface area contributed by atoms with E-state index in [0.717, 1.165) is 18.4 Å². The summed E-state index contributed by atoms with van der Waals surface area (Å²) in [7, 11) is 0. The van der Waals surface area contributed by atoms with Gasteiger partial charge in [-0.25, -0.2) is 4.98 Å². The van der Waals surface area contributed by atoms with Crippen LogP contribution in [0.15, 0.2) is 58.4 Å². The minimum absolute atomic E-state index is 0.158. The van der Waals surface area contributed by atoms with Gasteiger partial charge in [0.25, 0.3) is 11.5 Å². The fourth-order valence-corrected chi connectivity index (χ4v) is 5.64. The molecule has 2 aromatic heterocycles. The highest BCUT2D eigenvalue weighted by molar-refractivity contribution is 8.26. The summed E-state index contributed by atoms with van der Waals surface area (Å²) in [6.45, 7) is 4.88. The number of rotatable bonds is 6. The smallest absolute Gasteiger partial charge is 0.267 e. The molecule has 4 heterocycles. The van der Waals surface area contributed by atoms with E-state index in [1.54, 1.807) is 21.6 Å². The van der Waals surface area contributed by atoms with E-state index in [0.29, 0.717) is 59.1 Å². The number of fused-ring (bicyclic) bond motifs is 1. The molecule has 7 nitrogen and oxygen atoms in total. The van der Waals surface area contributed by atoms with Gasteiger partial charge < -0.3 is 9.64 Å². The molecule has 2 fully saturated rings. The van der Waals surface area contributed by atoms with Crippen LogP contribution in [0.5, 0.6) is 0 Å². The van der Waals surface area contributed by atoms with Crippen molar-refractivity contribution < 1.29 is 9.53 Å². The van der Waals surface area contributed by atoms with Crippen molar-refractivity contribution in [2.45, 2.75) is 19.8 Å². The summed E-state index contributed by atoms with van der Waals surface area (Å²) in [4.78, 5) is 35.9. The molecule has 2 saturated heterocycles. The Morgan fingerprint density at radius 3 is 2.66 bits per heavy atom. The highest BCUT2D eigenvalue weighted by Gasteiger charge is 2.32. The summed E-state index contributed by atoms with van der Waals surface area (Å²) in [6, 6.07) is 14.0. The number of carbonyl (C=O) groups excluding carboxylic acids is 1. The number of anilines is 1. The van der Waals surface area contributed by atoms with Crippen LogP contribution in [0, 0.1) is 6.92 Å². The van der Waals surface area contributed by atoms with Gasteiger partial charge in [-0.15, -0.1) is 0 Å². The lowest BCUT2D eigenvalue weighted by Crippen LogP contribution is -2.38. The van der Waals surface area contributed by atoms with Gasteiger partial charge in [-0.3, -0.25) is 18.9 Å². The van der Waals surface area contributed by atoms with Crippen LogP contribution in [0.1, 0.15) is 23.1 Å². The predicted molar refractivity (Wildman–Crippen MR) is 144 cm³/mol. The molecule has 1 aromatic carbocycles. The summed E-state index contributed by atoms with van der Waals surface area (Å²) in [6.07, 6.45) is 5.06. The molecule has 0 N–H and O–H groups in total. The molecule has 1 amide bonds. The number of thioether (sulfide) groups is 1. The van der Waals surface area contributed by atoms with E-state index in [2.05, 4.69) is 17.0 Å². The van der Waals surface area contributed by atoms with Crippen molar-refractivity contribution in [1.82, 2.24) is 14.3 Å². The van der Waals surface area contributed by atoms with Gasteiger partial charge in [-0.2, -0.15) is 0 Å². The highest BCUT2D eigenvalue weighted by atomic mass is 32.2. The number of aryl methyl sites for hydroxylation is 2. The van der Waals surface area contributed by atoms with Crippen LogP contribution in [-0.4, -0.2) is 57.4 Å². The maximum absolute atomic E-state index is 13.6. The molecule has 35 heavy (non-hydrogen) atoms. The topological polar surface area (TPSA) is 67.2 Å². The van der Waals surface area contributed by atoms with Crippen molar-refractivity contribution in [3.8, 4) is 0 Å². The number of carbonyl (C=O) groups is 1. The quantitative estimate of drug-likeness (QED) is 0.373. The normalized spacial score (nSPS) is 17.7. The van der Waals surface area contributed by atoms with Gasteiger partial charge in [0.1, 0.15) is 15.8 Å². The minimum atomic E-state index is -0.200. The molecule has 2 aliphatic rings. The standard InChI is InChI=1S/C26H26N4O3S2/c1-18-7-5-11-29-22(18)27-23(28-13-15-33-16-14-28)20(24(29)31)17-21-25(32)30(26(34)35-21)12-6-10-19-8-3-2-4-9-19/h2-5,7-9,11,17H,6,10,12-16H2,1H3. The lowest BCUT2D eigenvalue weighted by molar-refractivity contribution is -0.122. The molecule has 0 radical (unpaired) electrons. The van der Waals surface area contributed by atoms with Crippen LogP contribution in [0.3, 0.4) is 0 Å². The third-order valence-corrected chi connectivity index (χ3v) is 7.59.